The Morgan fingerprint density at radius 3 is 2.33 bits per heavy atom. The van der Waals surface area contributed by atoms with Crippen LogP contribution in [0.4, 0.5) is 11.4 Å². The third-order valence-electron chi connectivity index (χ3n) is 4.13. The Labute approximate surface area is 179 Å². The molecule has 0 aliphatic heterocycles. The Morgan fingerprint density at radius 1 is 1.03 bits per heavy atom. The second-order valence-corrected chi connectivity index (χ2v) is 8.12. The molecule has 0 saturated carbocycles. The fourth-order valence-electron chi connectivity index (χ4n) is 2.75. The van der Waals surface area contributed by atoms with E-state index < -0.39 is 11.6 Å². The van der Waals surface area contributed by atoms with Gasteiger partial charge in [0.15, 0.2) is 0 Å². The van der Waals surface area contributed by atoms with Gasteiger partial charge in [-0.05, 0) is 38.8 Å². The molecule has 0 heterocycles. The van der Waals surface area contributed by atoms with Crippen molar-refractivity contribution in [2.24, 2.45) is 0 Å². The van der Waals surface area contributed by atoms with Crippen LogP contribution in [-0.4, -0.2) is 24.1 Å². The van der Waals surface area contributed by atoms with Crippen LogP contribution in [0.1, 0.15) is 63.4 Å². The lowest BCUT2D eigenvalue weighted by atomic mass is 10.1. The van der Waals surface area contributed by atoms with Gasteiger partial charge >= 0.3 is 5.97 Å². The van der Waals surface area contributed by atoms with E-state index >= 15 is 0 Å². The van der Waals surface area contributed by atoms with Crippen molar-refractivity contribution in [1.82, 2.24) is 0 Å². The van der Waals surface area contributed by atoms with Crippen LogP contribution >= 0.6 is 0 Å². The number of hydrogen-bond donors (Lipinski definition) is 2. The van der Waals surface area contributed by atoms with Crippen LogP contribution in [0.3, 0.4) is 0 Å². The summed E-state index contributed by atoms with van der Waals surface area (Å²) in [6, 6.07) is 13.2. The summed E-state index contributed by atoms with van der Waals surface area (Å²) in [5, 5.41) is 6.13. The van der Waals surface area contributed by atoms with Gasteiger partial charge in [0.25, 0.3) is 0 Å². The van der Waals surface area contributed by atoms with Gasteiger partial charge in [0.05, 0.1) is 18.0 Å². The minimum atomic E-state index is -0.633. The molecule has 0 atom stereocenters. The van der Waals surface area contributed by atoms with Gasteiger partial charge in [-0.3, -0.25) is 4.79 Å². The van der Waals surface area contributed by atoms with Crippen molar-refractivity contribution in [3.63, 3.8) is 0 Å². The molecule has 0 bridgehead atoms. The highest BCUT2D eigenvalue weighted by atomic mass is 16.6. The first kappa shape index (κ1) is 23.3. The Balaban J connectivity index is 2.41. The molecule has 2 aromatic rings. The maximum atomic E-state index is 12.9. The van der Waals surface area contributed by atoms with E-state index in [2.05, 4.69) is 17.6 Å². The monoisotopic (exact) mass is 412 g/mol. The zero-order valence-corrected chi connectivity index (χ0v) is 18.5. The molecule has 0 spiro atoms. The second-order valence-electron chi connectivity index (χ2n) is 8.12. The molecule has 1 amide bonds. The van der Waals surface area contributed by atoms with Gasteiger partial charge in [0.1, 0.15) is 16.9 Å². The molecule has 2 rings (SSSR count). The molecule has 2 aromatic carbocycles. The number of amides is 1. The largest absolute Gasteiger partial charge is 0.493 e. The van der Waals surface area contributed by atoms with Gasteiger partial charge in [0, 0.05) is 19.5 Å². The number of esters is 1. The van der Waals surface area contributed by atoms with Gasteiger partial charge in [0.2, 0.25) is 5.91 Å². The van der Waals surface area contributed by atoms with Crippen LogP contribution < -0.4 is 15.4 Å². The number of anilines is 2. The van der Waals surface area contributed by atoms with Crippen molar-refractivity contribution in [3.05, 3.63) is 53.6 Å². The first-order valence-corrected chi connectivity index (χ1v) is 10.3. The summed E-state index contributed by atoms with van der Waals surface area (Å²) in [6.07, 6.45) is 1.83. The average molecular weight is 413 g/mol. The highest BCUT2D eigenvalue weighted by Gasteiger charge is 2.23. The van der Waals surface area contributed by atoms with Crippen molar-refractivity contribution in [2.45, 2.75) is 59.6 Å². The lowest BCUT2D eigenvalue weighted by Crippen LogP contribution is -2.24. The van der Waals surface area contributed by atoms with Crippen LogP contribution in [0, 0.1) is 0 Å². The van der Waals surface area contributed by atoms with Gasteiger partial charge in [-0.25, -0.2) is 4.79 Å². The number of rotatable bonds is 9. The number of carbonyl (C=O) groups is 2. The zero-order chi connectivity index (χ0) is 22.1. The molecule has 2 N–H and O–H groups in total. The predicted octanol–water partition coefficient (Wildman–Crippen LogP) is 5.39. The van der Waals surface area contributed by atoms with E-state index in [4.69, 9.17) is 9.47 Å². The molecule has 0 aliphatic rings. The highest BCUT2D eigenvalue weighted by molar-refractivity contribution is 5.99. The molecule has 0 radical (unpaired) electrons. The van der Waals surface area contributed by atoms with Crippen molar-refractivity contribution in [3.8, 4) is 5.75 Å². The summed E-state index contributed by atoms with van der Waals surface area (Å²) in [4.78, 5) is 24.6. The minimum Gasteiger partial charge on any atom is -0.493 e. The summed E-state index contributed by atoms with van der Waals surface area (Å²) < 4.78 is 11.4. The average Bonchev–Trinajstić information content (AvgIpc) is 2.66. The van der Waals surface area contributed by atoms with E-state index in [9.17, 15) is 9.59 Å². The third-order valence-corrected chi connectivity index (χ3v) is 4.13. The van der Waals surface area contributed by atoms with Crippen LogP contribution in [0.5, 0.6) is 5.75 Å². The number of unbranched alkanes of at least 4 members (excludes halogenated alkanes) is 1. The summed E-state index contributed by atoms with van der Waals surface area (Å²) in [5.41, 5.74) is 1.94. The highest BCUT2D eigenvalue weighted by Crippen LogP contribution is 2.33. The maximum Gasteiger partial charge on any atom is 0.342 e. The Kier molecular flexibility index (Phi) is 8.27. The van der Waals surface area contributed by atoms with Crippen LogP contribution in [0.2, 0.25) is 0 Å². The van der Waals surface area contributed by atoms with E-state index in [1.807, 2.05) is 51.1 Å². The number of nitrogens with one attached hydrogen (secondary N) is 2. The summed E-state index contributed by atoms with van der Waals surface area (Å²) in [5.74, 6) is -0.278. The van der Waals surface area contributed by atoms with Crippen molar-refractivity contribution in [2.75, 3.05) is 17.2 Å². The van der Waals surface area contributed by atoms with Gasteiger partial charge in [-0.2, -0.15) is 0 Å². The molecule has 30 heavy (non-hydrogen) atoms. The zero-order valence-electron chi connectivity index (χ0n) is 18.5. The van der Waals surface area contributed by atoms with E-state index in [1.165, 1.54) is 6.92 Å². The van der Waals surface area contributed by atoms with Crippen molar-refractivity contribution >= 4 is 23.3 Å². The van der Waals surface area contributed by atoms with Crippen molar-refractivity contribution in [1.29, 1.82) is 0 Å². The van der Waals surface area contributed by atoms with Gasteiger partial charge in [-0.15, -0.1) is 0 Å². The first-order chi connectivity index (χ1) is 14.2. The molecule has 0 aromatic heterocycles. The standard InChI is InChI=1S/C24H32N2O4/c1-6-7-13-29-22-15-21(26-17(2)27)20(25-16-18-11-9-8-10-12-18)14-19(22)23(28)30-24(3,4)5/h8-12,14-15,25H,6-7,13,16H2,1-5H3,(H,26,27). The van der Waals surface area contributed by atoms with Crippen LogP contribution in [0.25, 0.3) is 0 Å². The minimum absolute atomic E-state index is 0.206. The van der Waals surface area contributed by atoms with Crippen LogP contribution in [-0.2, 0) is 16.1 Å². The maximum absolute atomic E-state index is 12.9. The molecule has 0 unspecified atom stereocenters. The molecular weight excluding hydrogens is 380 g/mol. The van der Waals surface area contributed by atoms with Gasteiger partial charge < -0.3 is 20.1 Å². The quantitative estimate of drug-likeness (QED) is 0.426. The number of ether oxygens (including phenoxy) is 2. The summed E-state index contributed by atoms with van der Waals surface area (Å²) >= 11 is 0. The smallest absolute Gasteiger partial charge is 0.342 e. The number of carbonyl (C=O) groups excluding carboxylic acids is 2. The summed E-state index contributed by atoms with van der Waals surface area (Å²) in [6.45, 7) is 9.99. The number of hydrogen-bond acceptors (Lipinski definition) is 5. The van der Waals surface area contributed by atoms with Gasteiger partial charge in [-0.1, -0.05) is 43.7 Å². The Bertz CT molecular complexity index is 857. The lowest BCUT2D eigenvalue weighted by Gasteiger charge is -2.22. The molecule has 0 fully saturated rings. The Morgan fingerprint density at radius 2 is 1.73 bits per heavy atom. The first-order valence-electron chi connectivity index (χ1n) is 10.3. The molecule has 6 heteroatoms. The molecule has 0 saturated heterocycles. The third kappa shape index (κ3) is 7.43. The topological polar surface area (TPSA) is 76.7 Å². The SMILES string of the molecule is CCCCOc1cc(NC(C)=O)c(NCc2ccccc2)cc1C(=O)OC(C)(C)C. The van der Waals surface area contributed by atoms with E-state index in [-0.39, 0.29) is 5.91 Å². The molecular formula is C24H32N2O4. The summed E-state index contributed by atoms with van der Waals surface area (Å²) in [7, 11) is 0. The predicted molar refractivity (Wildman–Crippen MR) is 120 cm³/mol. The van der Waals surface area contributed by atoms with E-state index in [1.54, 1.807) is 12.1 Å². The lowest BCUT2D eigenvalue weighted by molar-refractivity contribution is -0.114. The fraction of sp³-hybridized carbons (Fsp3) is 0.417. The fourth-order valence-corrected chi connectivity index (χ4v) is 2.75. The van der Waals surface area contributed by atoms with Crippen LogP contribution in [0.15, 0.2) is 42.5 Å². The second kappa shape index (κ2) is 10.7. The molecule has 162 valence electrons. The molecule has 6 nitrogen and oxygen atoms in total. The Hall–Kier alpha value is -3.02. The number of benzene rings is 2. The van der Waals surface area contributed by atoms with E-state index in [0.29, 0.717) is 35.8 Å². The van der Waals surface area contributed by atoms with E-state index in [0.717, 1.165) is 18.4 Å². The molecule has 0 aliphatic carbocycles. The normalized spacial score (nSPS) is 11.0. The van der Waals surface area contributed by atoms with Crippen molar-refractivity contribution < 1.29 is 19.1 Å².